The predicted molar refractivity (Wildman–Crippen MR) is 111 cm³/mol. The van der Waals surface area contributed by atoms with E-state index in [4.69, 9.17) is 9.47 Å². The number of urea groups is 1. The Bertz CT molecular complexity index is 1210. The van der Waals surface area contributed by atoms with Crippen LogP contribution in [0.1, 0.15) is 17.7 Å². The first kappa shape index (κ1) is 23.4. The molecule has 1 aromatic carbocycles. The maximum atomic E-state index is 13.9. The number of ether oxygens (including phenoxy) is 2. The molecule has 2 N–H and O–H groups in total. The number of alkyl halides is 3. The maximum absolute atomic E-state index is 13.9. The Morgan fingerprint density at radius 1 is 1.09 bits per heavy atom. The lowest BCUT2D eigenvalue weighted by molar-refractivity contribution is -0.333. The van der Waals surface area contributed by atoms with E-state index in [2.05, 4.69) is 20.6 Å². The van der Waals surface area contributed by atoms with Crippen LogP contribution in [-0.4, -0.2) is 28.8 Å². The number of hydrogen-bond donors (Lipinski definition) is 2. The van der Waals surface area contributed by atoms with Crippen LogP contribution < -0.4 is 15.4 Å². The molecule has 1 fully saturated rings. The summed E-state index contributed by atoms with van der Waals surface area (Å²) in [6.45, 7) is 1.46. The monoisotopic (exact) mass is 480 g/mol. The summed E-state index contributed by atoms with van der Waals surface area (Å²) >= 11 is 0. The number of carbonyl (C=O) groups excluding carboxylic acids is 1. The number of anilines is 2. The Hall–Kier alpha value is -3.80. The molecule has 12 heteroatoms. The summed E-state index contributed by atoms with van der Waals surface area (Å²) in [5.41, 5.74) is -2.81. The van der Waals surface area contributed by atoms with Gasteiger partial charge in [0.15, 0.2) is 5.60 Å². The minimum absolute atomic E-state index is 0.0103. The number of carbonyl (C=O) groups is 1. The van der Waals surface area contributed by atoms with Gasteiger partial charge in [-0.3, -0.25) is 5.32 Å². The molecular formula is C22H17F5N4O3. The zero-order valence-corrected chi connectivity index (χ0v) is 17.5. The Morgan fingerprint density at radius 2 is 1.82 bits per heavy atom. The molecule has 0 radical (unpaired) electrons. The molecule has 2 aromatic heterocycles. The molecule has 3 heterocycles. The summed E-state index contributed by atoms with van der Waals surface area (Å²) in [7, 11) is 0. The van der Waals surface area contributed by atoms with E-state index in [0.29, 0.717) is 11.8 Å². The van der Waals surface area contributed by atoms with Crippen molar-refractivity contribution in [1.29, 1.82) is 0 Å². The molecule has 178 valence electrons. The van der Waals surface area contributed by atoms with Crippen LogP contribution in [0.3, 0.4) is 0 Å². The Balaban J connectivity index is 1.63. The molecule has 0 spiro atoms. The maximum Gasteiger partial charge on any atom is 0.421 e. The summed E-state index contributed by atoms with van der Waals surface area (Å²) in [6.07, 6.45) is -4.32. The molecule has 1 aliphatic rings. The third-order valence-electron chi connectivity index (χ3n) is 5.06. The third-order valence-corrected chi connectivity index (χ3v) is 5.06. The van der Waals surface area contributed by atoms with E-state index < -0.39 is 41.4 Å². The first-order valence-corrected chi connectivity index (χ1v) is 9.93. The van der Waals surface area contributed by atoms with Gasteiger partial charge in [0.2, 0.25) is 5.88 Å². The van der Waals surface area contributed by atoms with Crippen LogP contribution >= 0.6 is 0 Å². The van der Waals surface area contributed by atoms with E-state index in [1.54, 1.807) is 6.92 Å². The van der Waals surface area contributed by atoms with Gasteiger partial charge in [0, 0.05) is 17.7 Å². The second-order valence-corrected chi connectivity index (χ2v) is 7.41. The minimum Gasteiger partial charge on any atom is -0.437 e. The first-order valence-electron chi connectivity index (χ1n) is 9.93. The predicted octanol–water partition coefficient (Wildman–Crippen LogP) is 5.68. The summed E-state index contributed by atoms with van der Waals surface area (Å²) in [4.78, 5) is 20.2. The van der Waals surface area contributed by atoms with Gasteiger partial charge in [-0.1, -0.05) is 0 Å². The number of pyridine rings is 2. The lowest BCUT2D eigenvalue weighted by atomic mass is 9.85. The van der Waals surface area contributed by atoms with Crippen LogP contribution in [0.25, 0.3) is 0 Å². The van der Waals surface area contributed by atoms with E-state index >= 15 is 0 Å². The fourth-order valence-electron chi connectivity index (χ4n) is 3.33. The number of halogens is 5. The number of nitrogens with zero attached hydrogens (tertiary/aromatic N) is 2. The van der Waals surface area contributed by atoms with Crippen molar-refractivity contribution in [2.24, 2.45) is 0 Å². The molecule has 1 aliphatic heterocycles. The van der Waals surface area contributed by atoms with Crippen LogP contribution in [0, 0.1) is 18.6 Å². The van der Waals surface area contributed by atoms with Crippen molar-refractivity contribution in [3.8, 4) is 11.6 Å². The van der Waals surface area contributed by atoms with Crippen molar-refractivity contribution in [2.75, 3.05) is 17.2 Å². The van der Waals surface area contributed by atoms with E-state index in [1.165, 1.54) is 18.2 Å². The van der Waals surface area contributed by atoms with E-state index in [0.717, 1.165) is 24.4 Å². The van der Waals surface area contributed by atoms with Gasteiger partial charge in [0.25, 0.3) is 0 Å². The molecule has 0 saturated carbocycles. The normalized spacial score (nSPS) is 17.6. The fraction of sp³-hybridized carbons (Fsp3) is 0.227. The highest BCUT2D eigenvalue weighted by Crippen LogP contribution is 2.53. The SMILES string of the molecule is Cc1ccc(NC(=O)Nc2ccc(F)cn2)c(Oc2ccc(F)cc2C2(C(F)(F)F)CCO2)n1. The average molecular weight is 480 g/mol. The number of aryl methyl sites for hydroxylation is 1. The second-order valence-electron chi connectivity index (χ2n) is 7.41. The molecule has 0 bridgehead atoms. The van der Waals surface area contributed by atoms with Gasteiger partial charge in [-0.2, -0.15) is 13.2 Å². The van der Waals surface area contributed by atoms with Crippen LogP contribution in [-0.2, 0) is 10.3 Å². The molecule has 34 heavy (non-hydrogen) atoms. The molecule has 2 amide bonds. The lowest BCUT2D eigenvalue weighted by Crippen LogP contribution is -2.52. The second kappa shape index (κ2) is 8.86. The van der Waals surface area contributed by atoms with Crippen LogP contribution in [0.2, 0.25) is 0 Å². The van der Waals surface area contributed by atoms with E-state index in [9.17, 15) is 26.7 Å². The summed E-state index contributed by atoms with van der Waals surface area (Å²) in [5, 5.41) is 4.83. The highest BCUT2D eigenvalue weighted by Gasteiger charge is 2.62. The Kier molecular flexibility index (Phi) is 6.09. The summed E-state index contributed by atoms with van der Waals surface area (Å²) < 4.78 is 78.9. The Morgan fingerprint density at radius 3 is 2.44 bits per heavy atom. The molecule has 1 saturated heterocycles. The van der Waals surface area contributed by atoms with Crippen molar-refractivity contribution >= 4 is 17.5 Å². The largest absolute Gasteiger partial charge is 0.437 e. The molecule has 4 rings (SSSR count). The lowest BCUT2D eigenvalue weighted by Gasteiger charge is -2.43. The molecule has 1 unspecified atom stereocenters. The number of benzene rings is 1. The van der Waals surface area contributed by atoms with Gasteiger partial charge in [-0.05, 0) is 49.4 Å². The first-order chi connectivity index (χ1) is 16.1. The number of rotatable bonds is 5. The Labute approximate surface area is 189 Å². The quantitative estimate of drug-likeness (QED) is 0.459. The van der Waals surface area contributed by atoms with Gasteiger partial charge < -0.3 is 14.8 Å². The molecule has 1 atom stereocenters. The van der Waals surface area contributed by atoms with Crippen LogP contribution in [0.4, 0.5) is 38.3 Å². The smallest absolute Gasteiger partial charge is 0.421 e. The summed E-state index contributed by atoms with van der Waals surface area (Å²) in [5.74, 6) is -2.00. The van der Waals surface area contributed by atoms with Gasteiger partial charge in [-0.25, -0.2) is 23.5 Å². The van der Waals surface area contributed by atoms with Crippen molar-refractivity contribution < 1.29 is 36.2 Å². The van der Waals surface area contributed by atoms with Gasteiger partial charge in [0.1, 0.15) is 28.9 Å². The number of amides is 2. The zero-order valence-electron chi connectivity index (χ0n) is 17.5. The highest BCUT2D eigenvalue weighted by molar-refractivity contribution is 5.99. The number of nitrogens with one attached hydrogen (secondary N) is 2. The van der Waals surface area contributed by atoms with Crippen molar-refractivity contribution in [3.05, 3.63) is 71.6 Å². The molecular weight excluding hydrogens is 463 g/mol. The number of hydrogen-bond acceptors (Lipinski definition) is 5. The van der Waals surface area contributed by atoms with Gasteiger partial charge in [0.05, 0.1) is 12.8 Å². The minimum atomic E-state index is -4.82. The van der Waals surface area contributed by atoms with Crippen LogP contribution in [0.5, 0.6) is 11.6 Å². The van der Waals surface area contributed by atoms with Crippen LogP contribution in [0.15, 0.2) is 48.7 Å². The zero-order chi connectivity index (χ0) is 24.5. The van der Waals surface area contributed by atoms with Crippen molar-refractivity contribution in [1.82, 2.24) is 9.97 Å². The van der Waals surface area contributed by atoms with Gasteiger partial charge in [-0.15, -0.1) is 0 Å². The van der Waals surface area contributed by atoms with E-state index in [1.807, 2.05) is 0 Å². The number of aromatic nitrogens is 2. The summed E-state index contributed by atoms with van der Waals surface area (Å²) in [6, 6.07) is 7.20. The third kappa shape index (κ3) is 4.62. The highest BCUT2D eigenvalue weighted by atomic mass is 19.4. The topological polar surface area (TPSA) is 85.4 Å². The standard InChI is InChI=1S/C22H17F5N4O3/c1-12-2-5-16(30-20(32)31-18-7-4-14(24)11-28-18)19(29-12)34-17-6-3-13(23)10-15(17)21(8-9-33-21)22(25,26)27/h2-7,10-11H,8-9H2,1H3,(H2,28,30,31,32). The average Bonchev–Trinajstić information content (AvgIpc) is 2.71. The van der Waals surface area contributed by atoms with Crippen molar-refractivity contribution in [3.63, 3.8) is 0 Å². The molecule has 3 aromatic rings. The van der Waals surface area contributed by atoms with Gasteiger partial charge >= 0.3 is 12.2 Å². The van der Waals surface area contributed by atoms with E-state index in [-0.39, 0.29) is 29.7 Å². The fourth-order valence-corrected chi connectivity index (χ4v) is 3.33. The molecule has 0 aliphatic carbocycles. The molecule has 7 nitrogen and oxygen atoms in total. The van der Waals surface area contributed by atoms with Crippen molar-refractivity contribution in [2.45, 2.75) is 25.1 Å².